The molecule has 1 aliphatic rings. The van der Waals surface area contributed by atoms with Crippen LogP contribution in [0, 0.1) is 22.7 Å². The highest BCUT2D eigenvalue weighted by Crippen LogP contribution is 2.46. The van der Waals surface area contributed by atoms with Gasteiger partial charge in [-0.15, -0.1) is 0 Å². The molecule has 0 fully saturated rings. The average Bonchev–Trinajstić information content (AvgIpc) is 3.35. The number of benzene rings is 5. The van der Waals surface area contributed by atoms with Crippen LogP contribution in [0.25, 0.3) is 55.4 Å². The molecular formula is C32H18N4O. The van der Waals surface area contributed by atoms with Crippen LogP contribution in [0.5, 0.6) is 0 Å². The van der Waals surface area contributed by atoms with E-state index in [0.29, 0.717) is 33.3 Å². The SMILES string of the molecule is N#Cc1ccc2c3c(ccc(C#N)c13)C(O)n1c-2nc2c(-c3ccccc3)cc(-c3ccccc3)cc21. The standard InChI is InChI=1S/C32H18N4O/c33-17-21-11-13-24-29-25(14-12-22(18-34)28(21)29)32(37)36-27-16-23(19-7-3-1-4-8-19)15-26(30(27)35-31(24)36)20-9-5-2-6-10-20/h1-16,32,37H. The number of fused-ring (bicyclic) bond motifs is 4. The molecule has 5 aromatic carbocycles. The van der Waals surface area contributed by atoms with Crippen LogP contribution in [-0.2, 0) is 0 Å². The van der Waals surface area contributed by atoms with Crippen molar-refractivity contribution in [1.82, 2.24) is 9.55 Å². The van der Waals surface area contributed by atoms with E-state index in [1.807, 2.05) is 47.0 Å². The van der Waals surface area contributed by atoms with Crippen LogP contribution in [0.15, 0.2) is 97.1 Å². The number of aliphatic hydroxyl groups excluding tert-OH is 1. The van der Waals surface area contributed by atoms with E-state index < -0.39 is 6.23 Å². The van der Waals surface area contributed by atoms with Crippen LogP contribution in [0.4, 0.5) is 0 Å². The zero-order valence-electron chi connectivity index (χ0n) is 19.6. The number of nitrogens with zero attached hydrogens (tertiary/aromatic N) is 4. The molecule has 37 heavy (non-hydrogen) atoms. The normalized spacial score (nSPS) is 13.8. The lowest BCUT2D eigenvalue weighted by Gasteiger charge is -2.26. The summed E-state index contributed by atoms with van der Waals surface area (Å²) in [6.45, 7) is 0. The van der Waals surface area contributed by atoms with Crippen molar-refractivity contribution in [1.29, 1.82) is 10.5 Å². The lowest BCUT2D eigenvalue weighted by atomic mass is 9.89. The molecular weight excluding hydrogens is 456 g/mol. The third kappa shape index (κ3) is 2.96. The Bertz CT molecular complexity index is 1940. The first-order valence-corrected chi connectivity index (χ1v) is 11.9. The van der Waals surface area contributed by atoms with Gasteiger partial charge in [-0.2, -0.15) is 10.5 Å². The first-order chi connectivity index (χ1) is 18.2. The van der Waals surface area contributed by atoms with Crippen LogP contribution in [0.3, 0.4) is 0 Å². The molecule has 5 nitrogen and oxygen atoms in total. The van der Waals surface area contributed by atoms with Gasteiger partial charge in [-0.1, -0.05) is 66.7 Å². The number of nitriles is 2. The molecule has 1 atom stereocenters. The van der Waals surface area contributed by atoms with Gasteiger partial charge < -0.3 is 5.11 Å². The second kappa shape index (κ2) is 7.90. The lowest BCUT2D eigenvalue weighted by Crippen LogP contribution is -2.16. The Morgan fingerprint density at radius 3 is 2.00 bits per heavy atom. The van der Waals surface area contributed by atoms with Gasteiger partial charge in [0.15, 0.2) is 6.23 Å². The minimum absolute atomic E-state index is 0.408. The van der Waals surface area contributed by atoms with Crippen molar-refractivity contribution in [2.24, 2.45) is 0 Å². The maximum absolute atomic E-state index is 11.7. The monoisotopic (exact) mass is 474 g/mol. The Hall–Kier alpha value is -5.23. The molecule has 1 aliphatic heterocycles. The first kappa shape index (κ1) is 21.1. The Morgan fingerprint density at radius 2 is 1.32 bits per heavy atom. The summed E-state index contributed by atoms with van der Waals surface area (Å²) in [6.07, 6.45) is -1.02. The van der Waals surface area contributed by atoms with Gasteiger partial charge in [0.05, 0.1) is 34.3 Å². The molecule has 0 bridgehead atoms. The van der Waals surface area contributed by atoms with E-state index in [1.54, 1.807) is 18.2 Å². The highest BCUT2D eigenvalue weighted by atomic mass is 16.3. The number of aliphatic hydroxyl groups is 1. The molecule has 0 radical (unpaired) electrons. The lowest BCUT2D eigenvalue weighted by molar-refractivity contribution is 0.152. The van der Waals surface area contributed by atoms with Gasteiger partial charge in [0.1, 0.15) is 5.82 Å². The quantitative estimate of drug-likeness (QED) is 0.299. The molecule has 5 heteroatoms. The minimum atomic E-state index is -1.02. The fourth-order valence-electron chi connectivity index (χ4n) is 5.52. The zero-order valence-corrected chi connectivity index (χ0v) is 19.6. The summed E-state index contributed by atoms with van der Waals surface area (Å²) in [7, 11) is 0. The highest BCUT2D eigenvalue weighted by molar-refractivity contribution is 6.07. The molecule has 0 saturated carbocycles. The van der Waals surface area contributed by atoms with Gasteiger partial charge >= 0.3 is 0 Å². The van der Waals surface area contributed by atoms with Crippen LogP contribution >= 0.6 is 0 Å². The summed E-state index contributed by atoms with van der Waals surface area (Å²) < 4.78 is 1.86. The Kier molecular flexibility index (Phi) is 4.50. The van der Waals surface area contributed by atoms with Crippen LogP contribution in [0.1, 0.15) is 22.9 Å². The van der Waals surface area contributed by atoms with Gasteiger partial charge in [0.2, 0.25) is 0 Å². The molecule has 1 unspecified atom stereocenters. The minimum Gasteiger partial charge on any atom is -0.369 e. The zero-order chi connectivity index (χ0) is 25.1. The maximum atomic E-state index is 11.7. The summed E-state index contributed by atoms with van der Waals surface area (Å²) in [5.41, 5.74) is 7.96. The maximum Gasteiger partial charge on any atom is 0.159 e. The number of rotatable bonds is 2. The summed E-state index contributed by atoms with van der Waals surface area (Å²) in [5.74, 6) is 0.613. The molecule has 0 spiro atoms. The first-order valence-electron chi connectivity index (χ1n) is 11.9. The van der Waals surface area contributed by atoms with E-state index >= 15 is 0 Å². The van der Waals surface area contributed by atoms with E-state index in [1.165, 1.54) is 0 Å². The van der Waals surface area contributed by atoms with Gasteiger partial charge in [0, 0.05) is 27.5 Å². The summed E-state index contributed by atoms with van der Waals surface area (Å²) in [6, 6.07) is 36.0. The number of hydrogen-bond donors (Lipinski definition) is 1. The van der Waals surface area contributed by atoms with Crippen molar-refractivity contribution >= 4 is 21.8 Å². The summed E-state index contributed by atoms with van der Waals surface area (Å²) in [4.78, 5) is 5.09. The van der Waals surface area contributed by atoms with E-state index in [-0.39, 0.29) is 0 Å². The van der Waals surface area contributed by atoms with Crippen molar-refractivity contribution in [2.75, 3.05) is 0 Å². The number of hydrogen-bond acceptors (Lipinski definition) is 4. The van der Waals surface area contributed by atoms with Crippen LogP contribution in [-0.4, -0.2) is 14.7 Å². The predicted molar refractivity (Wildman–Crippen MR) is 143 cm³/mol. The molecule has 1 N–H and O–H groups in total. The second-order valence-corrected chi connectivity index (χ2v) is 9.14. The molecule has 0 saturated heterocycles. The highest BCUT2D eigenvalue weighted by Gasteiger charge is 2.31. The third-order valence-corrected chi connectivity index (χ3v) is 7.18. The Morgan fingerprint density at radius 1 is 0.676 bits per heavy atom. The van der Waals surface area contributed by atoms with Crippen molar-refractivity contribution in [2.45, 2.75) is 6.23 Å². The molecule has 6 aromatic rings. The molecule has 2 heterocycles. The van der Waals surface area contributed by atoms with Crippen LogP contribution < -0.4 is 0 Å². The largest absolute Gasteiger partial charge is 0.369 e. The molecule has 1 aromatic heterocycles. The van der Waals surface area contributed by atoms with Gasteiger partial charge in [0.25, 0.3) is 0 Å². The van der Waals surface area contributed by atoms with Gasteiger partial charge in [-0.05, 0) is 47.0 Å². The topological polar surface area (TPSA) is 85.6 Å². The third-order valence-electron chi connectivity index (χ3n) is 7.18. The second-order valence-electron chi connectivity index (χ2n) is 9.14. The fourth-order valence-corrected chi connectivity index (χ4v) is 5.52. The van der Waals surface area contributed by atoms with E-state index in [9.17, 15) is 15.6 Å². The predicted octanol–water partition coefficient (Wildman–Crippen LogP) is 6.79. The Balaban J connectivity index is 1.62. The summed E-state index contributed by atoms with van der Waals surface area (Å²) in [5, 5.41) is 32.5. The number of aromatic nitrogens is 2. The summed E-state index contributed by atoms with van der Waals surface area (Å²) >= 11 is 0. The Labute approximate surface area is 212 Å². The van der Waals surface area contributed by atoms with Crippen LogP contribution in [0.2, 0.25) is 0 Å². The van der Waals surface area contributed by atoms with E-state index in [4.69, 9.17) is 4.98 Å². The smallest absolute Gasteiger partial charge is 0.159 e. The average molecular weight is 475 g/mol. The number of imidazole rings is 1. The van der Waals surface area contributed by atoms with Crippen molar-refractivity contribution < 1.29 is 5.11 Å². The van der Waals surface area contributed by atoms with Crippen molar-refractivity contribution in [3.63, 3.8) is 0 Å². The molecule has 7 rings (SSSR count). The van der Waals surface area contributed by atoms with Crippen molar-refractivity contribution in [3.05, 3.63) is 114 Å². The molecule has 172 valence electrons. The molecule has 0 amide bonds. The van der Waals surface area contributed by atoms with Gasteiger partial charge in [-0.3, -0.25) is 4.57 Å². The fraction of sp³-hybridized carbons (Fsp3) is 0.0312. The van der Waals surface area contributed by atoms with E-state index in [2.05, 4.69) is 48.5 Å². The van der Waals surface area contributed by atoms with Gasteiger partial charge in [-0.25, -0.2) is 4.98 Å². The molecule has 0 aliphatic carbocycles. The van der Waals surface area contributed by atoms with E-state index in [0.717, 1.165) is 38.9 Å². The van der Waals surface area contributed by atoms with Crippen molar-refractivity contribution in [3.8, 4) is 45.8 Å².